The first-order valence-electron chi connectivity index (χ1n) is 11.3. The Morgan fingerprint density at radius 1 is 0.697 bits per heavy atom. The number of rotatable bonds is 2. The van der Waals surface area contributed by atoms with Crippen molar-refractivity contribution in [3.05, 3.63) is 90.8 Å². The van der Waals surface area contributed by atoms with E-state index in [1.165, 1.54) is 42.7 Å². The highest BCUT2D eigenvalue weighted by Crippen LogP contribution is 2.41. The van der Waals surface area contributed by atoms with Crippen molar-refractivity contribution >= 4 is 64.2 Å². The predicted molar refractivity (Wildman–Crippen MR) is 141 cm³/mol. The summed E-state index contributed by atoms with van der Waals surface area (Å²) in [6, 6.07) is 30.3. The van der Waals surface area contributed by atoms with Gasteiger partial charge in [0.25, 0.3) is 0 Å². The molecule has 3 aromatic heterocycles. The molecule has 0 radical (unpaired) electrons. The summed E-state index contributed by atoms with van der Waals surface area (Å²) in [4.78, 5) is 10.2. The summed E-state index contributed by atoms with van der Waals surface area (Å²) in [6.07, 6.45) is 0. The molecule has 0 unspecified atom stereocenters. The molecule has 158 valence electrons. The first-order chi connectivity index (χ1) is 16.2. The van der Waals surface area contributed by atoms with E-state index in [9.17, 15) is 0 Å². The average molecular weight is 444 g/mol. The Labute approximate surface area is 194 Å². The van der Waals surface area contributed by atoms with Crippen LogP contribution in [-0.4, -0.2) is 14.5 Å². The van der Waals surface area contributed by atoms with Crippen molar-refractivity contribution in [1.29, 1.82) is 0 Å². The number of aromatic nitrogens is 3. The SMILES string of the molecule is CC(C)c1nc(-n2c3ccccc3c3c4ccccc4ccc32)c2sc3ccccc3c2n1. The molecule has 0 fully saturated rings. The maximum absolute atomic E-state index is 5.18. The number of nitrogens with zero attached hydrogens (tertiary/aromatic N) is 3. The molecule has 7 aromatic rings. The maximum Gasteiger partial charge on any atom is 0.159 e. The standard InChI is InChI=1S/C29H21N3S/c1-17(2)28-30-26-21-12-6-8-14-24(21)33-27(26)29(31-28)32-22-13-7-5-11-20(22)25-19-10-4-3-9-18(19)15-16-23(25)32/h3-17H,1-2H3. The third-order valence-electron chi connectivity index (χ3n) is 6.51. The Balaban J connectivity index is 1.72. The molecule has 0 bridgehead atoms. The van der Waals surface area contributed by atoms with E-state index in [1.54, 1.807) is 11.3 Å². The van der Waals surface area contributed by atoms with Crippen LogP contribution in [-0.2, 0) is 0 Å². The molecular formula is C29H21N3S. The number of para-hydroxylation sites is 1. The van der Waals surface area contributed by atoms with Crippen molar-refractivity contribution in [1.82, 2.24) is 14.5 Å². The van der Waals surface area contributed by atoms with Crippen LogP contribution in [0, 0.1) is 0 Å². The monoisotopic (exact) mass is 443 g/mol. The van der Waals surface area contributed by atoms with Gasteiger partial charge in [-0.1, -0.05) is 80.6 Å². The van der Waals surface area contributed by atoms with Gasteiger partial charge < -0.3 is 0 Å². The smallest absolute Gasteiger partial charge is 0.159 e. The van der Waals surface area contributed by atoms with E-state index in [2.05, 4.69) is 103 Å². The molecule has 0 N–H and O–H groups in total. The molecule has 3 heterocycles. The molecule has 33 heavy (non-hydrogen) atoms. The fraction of sp³-hybridized carbons (Fsp3) is 0.103. The molecule has 4 aromatic carbocycles. The zero-order valence-corrected chi connectivity index (χ0v) is 19.2. The third-order valence-corrected chi connectivity index (χ3v) is 7.67. The summed E-state index contributed by atoms with van der Waals surface area (Å²) in [5.74, 6) is 2.10. The van der Waals surface area contributed by atoms with Gasteiger partial charge in [-0.05, 0) is 29.0 Å². The highest BCUT2D eigenvalue weighted by Gasteiger charge is 2.21. The van der Waals surface area contributed by atoms with Crippen LogP contribution in [0.25, 0.3) is 58.7 Å². The van der Waals surface area contributed by atoms with Gasteiger partial charge in [0.2, 0.25) is 0 Å². The second-order valence-electron chi connectivity index (χ2n) is 8.87. The van der Waals surface area contributed by atoms with E-state index in [-0.39, 0.29) is 5.92 Å². The van der Waals surface area contributed by atoms with Crippen LogP contribution in [0.2, 0.25) is 0 Å². The molecule has 0 aliphatic rings. The second-order valence-corrected chi connectivity index (χ2v) is 9.92. The summed E-state index contributed by atoms with van der Waals surface area (Å²) >= 11 is 1.78. The summed E-state index contributed by atoms with van der Waals surface area (Å²) in [7, 11) is 0. The van der Waals surface area contributed by atoms with Crippen LogP contribution in [0.4, 0.5) is 0 Å². The normalized spacial score (nSPS) is 12.2. The molecule has 0 aliphatic carbocycles. The molecule has 0 saturated carbocycles. The van der Waals surface area contributed by atoms with Crippen LogP contribution >= 0.6 is 11.3 Å². The first kappa shape index (κ1) is 18.8. The summed E-state index contributed by atoms with van der Waals surface area (Å²) in [5.41, 5.74) is 3.41. The van der Waals surface area contributed by atoms with Gasteiger partial charge in [0.15, 0.2) is 5.82 Å². The highest BCUT2D eigenvalue weighted by molar-refractivity contribution is 7.26. The van der Waals surface area contributed by atoms with Gasteiger partial charge in [0.1, 0.15) is 5.82 Å². The molecule has 0 atom stereocenters. The minimum atomic E-state index is 0.237. The fourth-order valence-electron chi connectivity index (χ4n) is 4.97. The van der Waals surface area contributed by atoms with Gasteiger partial charge in [-0.2, -0.15) is 0 Å². The maximum atomic E-state index is 5.18. The van der Waals surface area contributed by atoms with E-state index in [1.807, 2.05) is 0 Å². The quantitative estimate of drug-likeness (QED) is 0.269. The fourth-order valence-corrected chi connectivity index (χ4v) is 6.09. The van der Waals surface area contributed by atoms with Crippen molar-refractivity contribution in [3.8, 4) is 5.82 Å². The van der Waals surface area contributed by atoms with Crippen molar-refractivity contribution in [3.63, 3.8) is 0 Å². The highest BCUT2D eigenvalue weighted by atomic mass is 32.1. The van der Waals surface area contributed by atoms with Gasteiger partial charge in [0, 0.05) is 26.8 Å². The predicted octanol–water partition coefficient (Wildman–Crippen LogP) is 8.22. The van der Waals surface area contributed by atoms with Crippen LogP contribution < -0.4 is 0 Å². The van der Waals surface area contributed by atoms with E-state index in [0.717, 1.165) is 21.9 Å². The van der Waals surface area contributed by atoms with E-state index < -0.39 is 0 Å². The van der Waals surface area contributed by atoms with Gasteiger partial charge in [-0.15, -0.1) is 11.3 Å². The lowest BCUT2D eigenvalue weighted by Gasteiger charge is -2.12. The van der Waals surface area contributed by atoms with Crippen LogP contribution in [0.1, 0.15) is 25.6 Å². The van der Waals surface area contributed by atoms with Crippen LogP contribution in [0.3, 0.4) is 0 Å². The van der Waals surface area contributed by atoms with E-state index in [0.29, 0.717) is 0 Å². The number of hydrogen-bond acceptors (Lipinski definition) is 3. The number of fused-ring (bicyclic) bond motifs is 8. The van der Waals surface area contributed by atoms with Gasteiger partial charge >= 0.3 is 0 Å². The Morgan fingerprint density at radius 2 is 1.42 bits per heavy atom. The zero-order valence-electron chi connectivity index (χ0n) is 18.4. The summed E-state index contributed by atoms with van der Waals surface area (Å²) in [5, 5.41) is 6.27. The molecular weight excluding hydrogens is 422 g/mol. The Morgan fingerprint density at radius 3 is 2.27 bits per heavy atom. The summed E-state index contributed by atoms with van der Waals surface area (Å²) < 4.78 is 4.73. The minimum Gasteiger partial charge on any atom is -0.292 e. The lowest BCUT2D eigenvalue weighted by atomic mass is 10.0. The first-order valence-corrected chi connectivity index (χ1v) is 12.1. The van der Waals surface area contributed by atoms with Crippen molar-refractivity contribution < 1.29 is 0 Å². The Hall–Kier alpha value is -3.76. The van der Waals surface area contributed by atoms with E-state index >= 15 is 0 Å². The summed E-state index contributed by atoms with van der Waals surface area (Å²) in [6.45, 7) is 4.33. The number of thiophene rings is 1. The lowest BCUT2D eigenvalue weighted by molar-refractivity contribution is 0.777. The Kier molecular flexibility index (Phi) is 3.91. The molecule has 0 amide bonds. The van der Waals surface area contributed by atoms with Gasteiger partial charge in [0.05, 0.1) is 21.3 Å². The molecule has 7 rings (SSSR count). The van der Waals surface area contributed by atoms with Gasteiger partial charge in [-0.3, -0.25) is 4.57 Å². The number of hydrogen-bond donors (Lipinski definition) is 0. The van der Waals surface area contributed by atoms with E-state index in [4.69, 9.17) is 9.97 Å². The number of benzene rings is 4. The third kappa shape index (κ3) is 2.61. The largest absolute Gasteiger partial charge is 0.292 e. The van der Waals surface area contributed by atoms with Crippen molar-refractivity contribution in [2.24, 2.45) is 0 Å². The Bertz CT molecular complexity index is 1860. The average Bonchev–Trinajstić information content (AvgIpc) is 3.39. The molecule has 4 heteroatoms. The molecule has 3 nitrogen and oxygen atoms in total. The van der Waals surface area contributed by atoms with Crippen molar-refractivity contribution in [2.75, 3.05) is 0 Å². The van der Waals surface area contributed by atoms with Crippen LogP contribution in [0.15, 0.2) is 84.9 Å². The topological polar surface area (TPSA) is 30.7 Å². The molecule has 0 saturated heterocycles. The second kappa shape index (κ2) is 6.87. The minimum absolute atomic E-state index is 0.237. The van der Waals surface area contributed by atoms with Crippen LogP contribution in [0.5, 0.6) is 0 Å². The lowest BCUT2D eigenvalue weighted by Crippen LogP contribution is -2.04. The molecule has 0 aliphatic heterocycles. The van der Waals surface area contributed by atoms with Crippen molar-refractivity contribution in [2.45, 2.75) is 19.8 Å². The molecule has 0 spiro atoms. The van der Waals surface area contributed by atoms with Gasteiger partial charge in [-0.25, -0.2) is 9.97 Å². The zero-order chi connectivity index (χ0) is 22.1.